The number of benzene rings is 3. The molecule has 0 fully saturated rings. The second kappa shape index (κ2) is 8.39. The molecule has 3 aromatic carbocycles. The number of hydrogen-bond donors (Lipinski definition) is 1. The Kier molecular flexibility index (Phi) is 5.33. The van der Waals surface area contributed by atoms with Crippen LogP contribution in [0.5, 0.6) is 11.5 Å². The minimum atomic E-state index is -0.737. The molecule has 0 aliphatic carbocycles. The van der Waals surface area contributed by atoms with E-state index >= 15 is 0 Å². The van der Waals surface area contributed by atoms with Gasteiger partial charge >= 0.3 is 0 Å². The monoisotopic (exact) mass is 372 g/mol. The quantitative estimate of drug-likeness (QED) is 0.548. The number of nitrogens with zero attached hydrogens (tertiary/aromatic N) is 1. The van der Waals surface area contributed by atoms with E-state index in [9.17, 15) is 4.79 Å². The average Bonchev–Trinajstić information content (AvgIpc) is 2.77. The summed E-state index contributed by atoms with van der Waals surface area (Å²) in [4.78, 5) is 12.4. The van der Waals surface area contributed by atoms with Gasteiger partial charge in [0.1, 0.15) is 6.61 Å². The number of nitrogens with one attached hydrogen (secondary N) is 1. The molecule has 0 aromatic heterocycles. The van der Waals surface area contributed by atoms with Gasteiger partial charge in [-0.3, -0.25) is 4.79 Å². The highest BCUT2D eigenvalue weighted by Crippen LogP contribution is 2.30. The number of ether oxygens (including phenoxy) is 2. The van der Waals surface area contributed by atoms with Crippen LogP contribution in [0.2, 0.25) is 0 Å². The Labute approximate surface area is 163 Å². The Balaban J connectivity index is 1.45. The molecule has 5 nitrogen and oxygen atoms in total. The van der Waals surface area contributed by atoms with Crippen LogP contribution in [0, 0.1) is 0 Å². The van der Waals surface area contributed by atoms with Gasteiger partial charge in [0, 0.05) is 12.1 Å². The summed E-state index contributed by atoms with van der Waals surface area (Å²) in [6, 6.07) is 27.4. The van der Waals surface area contributed by atoms with Gasteiger partial charge in [0.15, 0.2) is 11.5 Å². The van der Waals surface area contributed by atoms with Gasteiger partial charge in [-0.1, -0.05) is 72.8 Å². The minimum Gasteiger partial charge on any atom is -0.485 e. The Bertz CT molecular complexity index is 918. The predicted octanol–water partition coefficient (Wildman–Crippen LogP) is 3.76. The first-order chi connectivity index (χ1) is 13.8. The maximum atomic E-state index is 12.4. The molecule has 0 saturated heterocycles. The molecule has 1 atom stereocenters. The van der Waals surface area contributed by atoms with Crippen LogP contribution in [0.15, 0.2) is 90.0 Å². The summed E-state index contributed by atoms with van der Waals surface area (Å²) < 4.78 is 11.3. The second-order valence-corrected chi connectivity index (χ2v) is 6.42. The van der Waals surface area contributed by atoms with Gasteiger partial charge < -0.3 is 9.47 Å². The Morgan fingerprint density at radius 2 is 1.46 bits per heavy atom. The molecule has 28 heavy (non-hydrogen) atoms. The molecule has 1 aliphatic rings. The van der Waals surface area contributed by atoms with Crippen molar-refractivity contribution in [2.24, 2.45) is 5.10 Å². The van der Waals surface area contributed by atoms with Crippen LogP contribution in [-0.4, -0.2) is 24.8 Å². The molecule has 1 heterocycles. The van der Waals surface area contributed by atoms with Crippen molar-refractivity contribution >= 4 is 12.1 Å². The van der Waals surface area contributed by atoms with Gasteiger partial charge in [-0.25, -0.2) is 5.43 Å². The lowest BCUT2D eigenvalue weighted by atomic mass is 9.92. The highest BCUT2D eigenvalue weighted by Gasteiger charge is 2.27. The molecule has 140 valence electrons. The third kappa shape index (κ3) is 4.04. The number of hydrogen-bond acceptors (Lipinski definition) is 4. The van der Waals surface area contributed by atoms with Crippen molar-refractivity contribution in [1.82, 2.24) is 5.43 Å². The van der Waals surface area contributed by atoms with Gasteiger partial charge in [0.2, 0.25) is 6.10 Å². The first kappa shape index (κ1) is 17.8. The minimum absolute atomic E-state index is 0.0630. The van der Waals surface area contributed by atoms with Crippen LogP contribution in [-0.2, 0) is 4.79 Å². The van der Waals surface area contributed by atoms with Crippen molar-refractivity contribution in [3.8, 4) is 11.5 Å². The largest absolute Gasteiger partial charge is 0.485 e. The van der Waals surface area contributed by atoms with E-state index < -0.39 is 6.10 Å². The first-order valence-electron chi connectivity index (χ1n) is 9.12. The molecule has 4 rings (SSSR count). The van der Waals surface area contributed by atoms with Crippen LogP contribution < -0.4 is 14.9 Å². The summed E-state index contributed by atoms with van der Waals surface area (Å²) in [5.41, 5.74) is 4.77. The summed E-state index contributed by atoms with van der Waals surface area (Å²) in [5.74, 6) is 0.796. The molecule has 5 heteroatoms. The average molecular weight is 372 g/mol. The molecule has 3 aromatic rings. The lowest BCUT2D eigenvalue weighted by Crippen LogP contribution is -2.42. The smallest absolute Gasteiger partial charge is 0.284 e. The number of fused-ring (bicyclic) bond motifs is 1. The van der Waals surface area contributed by atoms with Crippen molar-refractivity contribution < 1.29 is 14.3 Å². The van der Waals surface area contributed by atoms with E-state index in [0.29, 0.717) is 11.5 Å². The van der Waals surface area contributed by atoms with Crippen LogP contribution in [0.4, 0.5) is 0 Å². The second-order valence-electron chi connectivity index (χ2n) is 6.42. The SMILES string of the molecule is O=C(N/N=C\C(c1ccccc1)c1ccccc1)[C@H]1COc2ccccc2O1. The zero-order valence-electron chi connectivity index (χ0n) is 15.2. The first-order valence-corrected chi connectivity index (χ1v) is 9.12. The zero-order valence-corrected chi connectivity index (χ0v) is 15.2. The van der Waals surface area contributed by atoms with Crippen molar-refractivity contribution in [1.29, 1.82) is 0 Å². The third-order valence-electron chi connectivity index (χ3n) is 4.52. The molecule has 1 aliphatic heterocycles. The molecule has 0 unspecified atom stereocenters. The fourth-order valence-electron chi connectivity index (χ4n) is 3.08. The number of carbonyl (C=O) groups excluding carboxylic acids is 1. The standard InChI is InChI=1S/C23H20N2O3/c26-23(22-16-27-20-13-7-8-14-21(20)28-22)25-24-15-19(17-9-3-1-4-10-17)18-11-5-2-6-12-18/h1-15,19,22H,16H2,(H,25,26)/b24-15-/t22-/m1/s1. The fourth-order valence-corrected chi connectivity index (χ4v) is 3.08. The molecule has 0 radical (unpaired) electrons. The Morgan fingerprint density at radius 1 is 0.893 bits per heavy atom. The number of rotatable bonds is 5. The van der Waals surface area contributed by atoms with Crippen LogP contribution in [0.3, 0.4) is 0 Å². The summed E-state index contributed by atoms with van der Waals surface area (Å²) in [5, 5.41) is 4.20. The topological polar surface area (TPSA) is 59.9 Å². The van der Waals surface area contributed by atoms with Crippen LogP contribution in [0.1, 0.15) is 17.0 Å². The van der Waals surface area contributed by atoms with Crippen LogP contribution in [0.25, 0.3) is 0 Å². The summed E-state index contributed by atoms with van der Waals surface area (Å²) >= 11 is 0. The Hall–Kier alpha value is -3.60. The van der Waals surface area contributed by atoms with E-state index in [4.69, 9.17) is 9.47 Å². The normalized spacial score (nSPS) is 15.5. The van der Waals surface area contributed by atoms with E-state index in [1.165, 1.54) is 0 Å². The molecule has 0 bridgehead atoms. The maximum absolute atomic E-state index is 12.4. The van der Waals surface area contributed by atoms with Gasteiger partial charge in [-0.2, -0.15) is 5.10 Å². The van der Waals surface area contributed by atoms with E-state index in [2.05, 4.69) is 10.5 Å². The van der Waals surface area contributed by atoms with Crippen LogP contribution >= 0.6 is 0 Å². The molecular formula is C23H20N2O3. The summed E-state index contributed by atoms with van der Waals surface area (Å²) in [7, 11) is 0. The van der Waals surface area contributed by atoms with E-state index in [0.717, 1.165) is 11.1 Å². The Morgan fingerprint density at radius 3 is 2.11 bits per heavy atom. The summed E-state index contributed by atoms with van der Waals surface area (Å²) in [6.07, 6.45) is 0.999. The predicted molar refractivity (Wildman–Crippen MR) is 108 cm³/mol. The van der Waals surface area contributed by atoms with E-state index in [1.54, 1.807) is 12.3 Å². The third-order valence-corrected chi connectivity index (χ3v) is 4.52. The fraction of sp³-hybridized carbons (Fsp3) is 0.130. The number of para-hydroxylation sites is 2. The lowest BCUT2D eigenvalue weighted by molar-refractivity contribution is -0.130. The highest BCUT2D eigenvalue weighted by atomic mass is 16.6. The zero-order chi connectivity index (χ0) is 19.2. The lowest BCUT2D eigenvalue weighted by Gasteiger charge is -2.24. The molecular weight excluding hydrogens is 352 g/mol. The molecule has 0 saturated carbocycles. The van der Waals surface area contributed by atoms with E-state index in [1.807, 2.05) is 78.9 Å². The van der Waals surface area contributed by atoms with Crippen molar-refractivity contribution in [3.63, 3.8) is 0 Å². The maximum Gasteiger partial charge on any atom is 0.284 e. The van der Waals surface area contributed by atoms with Gasteiger partial charge in [0.05, 0.1) is 0 Å². The van der Waals surface area contributed by atoms with Gasteiger partial charge in [-0.05, 0) is 23.3 Å². The van der Waals surface area contributed by atoms with Gasteiger partial charge in [-0.15, -0.1) is 0 Å². The van der Waals surface area contributed by atoms with Crippen molar-refractivity contribution in [2.75, 3.05) is 6.61 Å². The molecule has 1 N–H and O–H groups in total. The van der Waals surface area contributed by atoms with Crippen molar-refractivity contribution in [3.05, 3.63) is 96.1 Å². The summed E-state index contributed by atoms with van der Waals surface area (Å²) in [6.45, 7) is 0.152. The molecule has 1 amide bonds. The highest BCUT2D eigenvalue weighted by molar-refractivity contribution is 5.83. The van der Waals surface area contributed by atoms with E-state index in [-0.39, 0.29) is 18.4 Å². The number of carbonyl (C=O) groups is 1. The van der Waals surface area contributed by atoms with Crippen molar-refractivity contribution in [2.45, 2.75) is 12.0 Å². The van der Waals surface area contributed by atoms with Gasteiger partial charge in [0.25, 0.3) is 5.91 Å². The number of hydrazone groups is 1. The number of amides is 1. The molecule has 0 spiro atoms.